The van der Waals surface area contributed by atoms with Crippen LogP contribution >= 0.6 is 0 Å². The van der Waals surface area contributed by atoms with Crippen LogP contribution in [0.5, 0.6) is 0 Å². The van der Waals surface area contributed by atoms with Crippen molar-refractivity contribution in [2.75, 3.05) is 13.1 Å². The van der Waals surface area contributed by atoms with Gasteiger partial charge in [-0.15, -0.1) is 0 Å². The monoisotopic (exact) mass is 217 g/mol. The molecule has 0 radical (unpaired) electrons. The molecule has 1 rings (SSSR count). The molecule has 4 nitrogen and oxygen atoms in total. The number of rotatable bonds is 4. The van der Waals surface area contributed by atoms with Crippen molar-refractivity contribution in [2.45, 2.75) is 57.5 Å². The first-order chi connectivity index (χ1) is 7.11. The van der Waals surface area contributed by atoms with Gasteiger partial charge in [-0.05, 0) is 19.4 Å². The van der Waals surface area contributed by atoms with Gasteiger partial charge >= 0.3 is 0 Å². The molecule has 4 heteroatoms. The molecule has 0 unspecified atom stereocenters. The number of β-amino-alcohol motifs (C(OH)–C–C–N with tert-alkyl or cyclic N) is 1. The number of aliphatic hydroxyl groups excluding tert-OH is 3. The molecular formula is C11H23NO3. The summed E-state index contributed by atoms with van der Waals surface area (Å²) in [6.45, 7) is 5.47. The van der Waals surface area contributed by atoms with E-state index in [4.69, 9.17) is 0 Å². The molecular weight excluding hydrogens is 194 g/mol. The van der Waals surface area contributed by atoms with E-state index in [-0.39, 0.29) is 6.04 Å². The second-order valence-electron chi connectivity index (χ2n) is 4.37. The zero-order valence-corrected chi connectivity index (χ0v) is 9.63. The molecule has 90 valence electrons. The predicted octanol–water partition coefficient (Wildman–Crippen LogP) is -0.0366. The quantitative estimate of drug-likeness (QED) is 0.618. The summed E-state index contributed by atoms with van der Waals surface area (Å²) >= 11 is 0. The lowest BCUT2D eigenvalue weighted by Gasteiger charge is -2.43. The van der Waals surface area contributed by atoms with Crippen LogP contribution in [0.2, 0.25) is 0 Å². The summed E-state index contributed by atoms with van der Waals surface area (Å²) in [4.78, 5) is 2.09. The largest absolute Gasteiger partial charge is 0.389 e. The Morgan fingerprint density at radius 2 is 1.80 bits per heavy atom. The highest BCUT2D eigenvalue weighted by atomic mass is 16.4. The lowest BCUT2D eigenvalue weighted by atomic mass is 9.92. The third kappa shape index (κ3) is 2.91. The topological polar surface area (TPSA) is 63.9 Å². The number of hydrogen-bond donors (Lipinski definition) is 3. The van der Waals surface area contributed by atoms with Crippen molar-refractivity contribution in [2.24, 2.45) is 0 Å². The smallest absolute Gasteiger partial charge is 0.108 e. The van der Waals surface area contributed by atoms with Crippen LogP contribution in [0.4, 0.5) is 0 Å². The number of piperidine rings is 1. The van der Waals surface area contributed by atoms with Crippen LogP contribution in [0.3, 0.4) is 0 Å². The van der Waals surface area contributed by atoms with Crippen LogP contribution in [0.25, 0.3) is 0 Å². The zero-order valence-electron chi connectivity index (χ0n) is 9.63. The van der Waals surface area contributed by atoms with E-state index in [1.807, 2.05) is 6.92 Å². The molecule has 1 aliphatic heterocycles. The van der Waals surface area contributed by atoms with E-state index in [0.717, 1.165) is 25.8 Å². The SMILES string of the molecule is CCCCN1C[C@H](O)[C@@H](O)[C@@H](O)[C@H]1CC. The number of unbranched alkanes of at least 4 members (excludes halogenated alkanes) is 1. The molecule has 0 aliphatic carbocycles. The molecule has 0 bridgehead atoms. The van der Waals surface area contributed by atoms with Crippen LogP contribution < -0.4 is 0 Å². The summed E-state index contributed by atoms with van der Waals surface area (Å²) in [7, 11) is 0. The minimum Gasteiger partial charge on any atom is -0.389 e. The molecule has 0 aromatic rings. The summed E-state index contributed by atoms with van der Waals surface area (Å²) in [5, 5.41) is 29.0. The van der Waals surface area contributed by atoms with Gasteiger partial charge in [-0.2, -0.15) is 0 Å². The maximum atomic E-state index is 9.83. The maximum absolute atomic E-state index is 9.83. The summed E-state index contributed by atoms with van der Waals surface area (Å²) in [6.07, 6.45) is 0.325. The maximum Gasteiger partial charge on any atom is 0.108 e. The fourth-order valence-electron chi connectivity index (χ4n) is 2.27. The molecule has 1 aliphatic rings. The van der Waals surface area contributed by atoms with Gasteiger partial charge in [-0.25, -0.2) is 0 Å². The lowest BCUT2D eigenvalue weighted by molar-refractivity contribution is -0.137. The fourth-order valence-corrected chi connectivity index (χ4v) is 2.27. The Labute approximate surface area is 91.5 Å². The zero-order chi connectivity index (χ0) is 11.4. The van der Waals surface area contributed by atoms with Crippen LogP contribution in [-0.4, -0.2) is 57.7 Å². The van der Waals surface area contributed by atoms with Gasteiger partial charge in [0.2, 0.25) is 0 Å². The van der Waals surface area contributed by atoms with Gasteiger partial charge in [0.15, 0.2) is 0 Å². The van der Waals surface area contributed by atoms with E-state index in [9.17, 15) is 15.3 Å². The summed E-state index contributed by atoms with van der Waals surface area (Å²) in [6, 6.07) is -0.0186. The Morgan fingerprint density at radius 1 is 1.13 bits per heavy atom. The van der Waals surface area contributed by atoms with Crippen LogP contribution in [0.15, 0.2) is 0 Å². The van der Waals surface area contributed by atoms with Crippen molar-refractivity contribution in [3.05, 3.63) is 0 Å². The first kappa shape index (κ1) is 12.9. The molecule has 1 saturated heterocycles. The van der Waals surface area contributed by atoms with E-state index >= 15 is 0 Å². The van der Waals surface area contributed by atoms with Crippen molar-refractivity contribution in [1.29, 1.82) is 0 Å². The van der Waals surface area contributed by atoms with Gasteiger partial charge in [0.25, 0.3) is 0 Å². The first-order valence-corrected chi connectivity index (χ1v) is 5.90. The van der Waals surface area contributed by atoms with E-state index in [1.54, 1.807) is 0 Å². The third-order valence-corrected chi connectivity index (χ3v) is 3.25. The van der Waals surface area contributed by atoms with Crippen molar-refractivity contribution < 1.29 is 15.3 Å². The molecule has 0 aromatic carbocycles. The highest BCUT2D eigenvalue weighted by Crippen LogP contribution is 2.21. The molecule has 4 atom stereocenters. The van der Waals surface area contributed by atoms with Crippen molar-refractivity contribution in [3.8, 4) is 0 Å². The average molecular weight is 217 g/mol. The van der Waals surface area contributed by atoms with Gasteiger partial charge in [0, 0.05) is 12.6 Å². The van der Waals surface area contributed by atoms with E-state index in [1.165, 1.54) is 0 Å². The predicted molar refractivity (Wildman–Crippen MR) is 58.6 cm³/mol. The van der Waals surface area contributed by atoms with Crippen LogP contribution in [0.1, 0.15) is 33.1 Å². The Morgan fingerprint density at radius 3 is 2.33 bits per heavy atom. The van der Waals surface area contributed by atoms with E-state index in [2.05, 4.69) is 11.8 Å². The summed E-state index contributed by atoms with van der Waals surface area (Å²) in [5.41, 5.74) is 0. The molecule has 15 heavy (non-hydrogen) atoms. The Balaban J connectivity index is 2.60. The Hall–Kier alpha value is -0.160. The average Bonchev–Trinajstić information content (AvgIpc) is 2.23. The van der Waals surface area contributed by atoms with Gasteiger partial charge in [0.1, 0.15) is 6.10 Å². The molecule has 1 heterocycles. The van der Waals surface area contributed by atoms with Gasteiger partial charge in [0.05, 0.1) is 12.2 Å². The molecule has 0 amide bonds. The van der Waals surface area contributed by atoms with Gasteiger partial charge < -0.3 is 15.3 Å². The van der Waals surface area contributed by atoms with Crippen molar-refractivity contribution in [1.82, 2.24) is 4.90 Å². The minimum atomic E-state index is -0.993. The number of aliphatic hydroxyl groups is 3. The molecule has 3 N–H and O–H groups in total. The normalized spacial score (nSPS) is 38.2. The number of nitrogens with zero attached hydrogens (tertiary/aromatic N) is 1. The Bertz CT molecular complexity index is 189. The lowest BCUT2D eigenvalue weighted by Crippen LogP contribution is -2.61. The van der Waals surface area contributed by atoms with E-state index in [0.29, 0.717) is 6.54 Å². The highest BCUT2D eigenvalue weighted by molar-refractivity contribution is 4.93. The fraction of sp³-hybridized carbons (Fsp3) is 1.00. The molecule has 1 fully saturated rings. The first-order valence-electron chi connectivity index (χ1n) is 5.90. The summed E-state index contributed by atoms with van der Waals surface area (Å²) in [5.74, 6) is 0. The third-order valence-electron chi connectivity index (χ3n) is 3.25. The van der Waals surface area contributed by atoms with Crippen LogP contribution in [0, 0.1) is 0 Å². The molecule has 0 aromatic heterocycles. The number of likely N-dealkylation sites (tertiary alicyclic amines) is 1. The standard InChI is InChI=1S/C11H23NO3/c1-3-5-6-12-7-9(13)11(15)10(14)8(12)4-2/h8-11,13-15H,3-7H2,1-2H3/t8-,9+,10+,11-/m1/s1. The van der Waals surface area contributed by atoms with E-state index < -0.39 is 18.3 Å². The number of hydrogen-bond acceptors (Lipinski definition) is 4. The second kappa shape index (κ2) is 5.80. The van der Waals surface area contributed by atoms with Crippen LogP contribution in [-0.2, 0) is 0 Å². The highest BCUT2D eigenvalue weighted by Gasteiger charge is 2.39. The van der Waals surface area contributed by atoms with Crippen molar-refractivity contribution >= 4 is 0 Å². The molecule has 0 saturated carbocycles. The molecule has 0 spiro atoms. The summed E-state index contributed by atoms with van der Waals surface area (Å²) < 4.78 is 0. The van der Waals surface area contributed by atoms with Gasteiger partial charge in [-0.1, -0.05) is 20.3 Å². The van der Waals surface area contributed by atoms with Crippen molar-refractivity contribution in [3.63, 3.8) is 0 Å². The Kier molecular flexibility index (Phi) is 4.99. The van der Waals surface area contributed by atoms with Gasteiger partial charge in [-0.3, -0.25) is 4.90 Å². The second-order valence-corrected chi connectivity index (χ2v) is 4.37. The minimum absolute atomic E-state index is 0.0186.